The summed E-state index contributed by atoms with van der Waals surface area (Å²) in [5, 5.41) is 7.48. The minimum Gasteiger partial charge on any atom is -0.448 e. The van der Waals surface area contributed by atoms with Gasteiger partial charge in [0.25, 0.3) is 0 Å². The number of piperidine rings is 1. The van der Waals surface area contributed by atoms with Crippen molar-refractivity contribution in [3.8, 4) is 0 Å². The van der Waals surface area contributed by atoms with Gasteiger partial charge in [-0.2, -0.15) is 0 Å². The monoisotopic (exact) mass is 274 g/mol. The van der Waals surface area contributed by atoms with E-state index in [1.165, 1.54) is 0 Å². The van der Waals surface area contributed by atoms with Crippen LogP contribution in [-0.4, -0.2) is 36.8 Å². The van der Waals surface area contributed by atoms with E-state index in [0.717, 1.165) is 31.5 Å². The van der Waals surface area contributed by atoms with Gasteiger partial charge in [0.2, 0.25) is 0 Å². The van der Waals surface area contributed by atoms with Crippen LogP contribution in [-0.2, 0) is 9.53 Å². The lowest BCUT2D eigenvalue weighted by Crippen LogP contribution is -2.40. The molecule has 1 unspecified atom stereocenters. The molecular weight excluding hydrogens is 254 g/mol. The topological polar surface area (TPSA) is 79.4 Å². The normalized spacial score (nSPS) is 18.4. The van der Waals surface area contributed by atoms with Gasteiger partial charge in [-0.15, -0.1) is 0 Å². The van der Waals surface area contributed by atoms with Gasteiger partial charge in [-0.3, -0.25) is 10.3 Å². The first kappa shape index (κ1) is 14.5. The van der Waals surface area contributed by atoms with Crippen LogP contribution in [0.15, 0.2) is 30.3 Å². The Hall–Kier alpha value is -1.88. The molecule has 0 amide bonds. The van der Waals surface area contributed by atoms with Crippen LogP contribution >= 0.6 is 0 Å². The Morgan fingerprint density at radius 2 is 2.05 bits per heavy atom. The van der Waals surface area contributed by atoms with Gasteiger partial charge in [0.15, 0.2) is 0 Å². The summed E-state index contributed by atoms with van der Waals surface area (Å²) in [5.74, 6) is 0.474. The fourth-order valence-electron chi connectivity index (χ4n) is 2.60. The Morgan fingerprint density at radius 3 is 2.60 bits per heavy atom. The van der Waals surface area contributed by atoms with Crippen LogP contribution in [0.1, 0.15) is 24.5 Å². The van der Waals surface area contributed by atoms with Crippen molar-refractivity contribution in [2.45, 2.75) is 18.9 Å². The average Bonchev–Trinajstić information content (AvgIpc) is 2.48. The number of likely N-dealkylation sites (tertiary alicyclic amines) is 1. The lowest BCUT2D eigenvalue weighted by Gasteiger charge is -2.33. The van der Waals surface area contributed by atoms with Crippen LogP contribution < -0.4 is 5.73 Å². The molecule has 0 bridgehead atoms. The molecule has 5 nitrogen and oxygen atoms in total. The minimum atomic E-state index is -0.289. The highest BCUT2D eigenvalue weighted by molar-refractivity contribution is 5.79. The Morgan fingerprint density at radius 1 is 1.40 bits per heavy atom. The number of benzene rings is 1. The molecule has 3 N–H and O–H groups in total. The molecule has 0 saturated carbocycles. The number of rotatable bonds is 6. The van der Waals surface area contributed by atoms with E-state index in [-0.39, 0.29) is 17.9 Å². The van der Waals surface area contributed by atoms with Gasteiger partial charge in [0.1, 0.15) is 6.10 Å². The van der Waals surface area contributed by atoms with Gasteiger partial charge in [-0.1, -0.05) is 30.3 Å². The molecule has 1 aromatic carbocycles. The third kappa shape index (κ3) is 3.81. The molecule has 1 heterocycles. The van der Waals surface area contributed by atoms with Gasteiger partial charge < -0.3 is 10.5 Å². The van der Waals surface area contributed by atoms with E-state index in [1.54, 1.807) is 6.47 Å². The van der Waals surface area contributed by atoms with Crippen LogP contribution in [0.2, 0.25) is 0 Å². The Kier molecular flexibility index (Phi) is 5.12. The third-order valence-corrected chi connectivity index (χ3v) is 3.81. The standard InChI is InChI=1S/C15H20N3O2/c16-15(17)13-6-8-18(9-7-13)10-14(20-11-19)12-4-2-1-3-5-12/h1-5,13-14H,6-10H2,(H3,16,17). The maximum Gasteiger partial charge on any atom is 0.418 e. The number of hydrogen-bond donors (Lipinski definition) is 2. The number of ether oxygens (including phenoxy) is 1. The van der Waals surface area contributed by atoms with E-state index >= 15 is 0 Å². The second kappa shape index (κ2) is 7.05. The van der Waals surface area contributed by atoms with E-state index < -0.39 is 0 Å². The van der Waals surface area contributed by atoms with Crippen LogP contribution in [0.5, 0.6) is 0 Å². The molecule has 1 fully saturated rings. The van der Waals surface area contributed by atoms with E-state index in [2.05, 4.69) is 4.90 Å². The molecule has 0 aromatic heterocycles. The summed E-state index contributed by atoms with van der Waals surface area (Å²) < 4.78 is 5.09. The molecule has 1 aliphatic heterocycles. The highest BCUT2D eigenvalue weighted by atomic mass is 16.5. The van der Waals surface area contributed by atoms with E-state index in [1.807, 2.05) is 30.3 Å². The van der Waals surface area contributed by atoms with Crippen molar-refractivity contribution in [3.63, 3.8) is 0 Å². The summed E-state index contributed by atoms with van der Waals surface area (Å²) in [4.78, 5) is 12.8. The van der Waals surface area contributed by atoms with Gasteiger partial charge in [-0.05, 0) is 31.5 Å². The zero-order valence-corrected chi connectivity index (χ0v) is 11.4. The Bertz CT molecular complexity index is 442. The minimum absolute atomic E-state index is 0.194. The molecule has 0 spiro atoms. The quantitative estimate of drug-likeness (QED) is 0.608. The molecule has 1 aromatic rings. The molecule has 1 saturated heterocycles. The van der Waals surface area contributed by atoms with Crippen molar-refractivity contribution in [2.24, 2.45) is 11.7 Å². The summed E-state index contributed by atoms with van der Waals surface area (Å²) in [6.07, 6.45) is 1.49. The fraction of sp³-hybridized carbons (Fsp3) is 0.467. The summed E-state index contributed by atoms with van der Waals surface area (Å²) >= 11 is 0. The predicted octanol–water partition coefficient (Wildman–Crippen LogP) is 1.46. The van der Waals surface area contributed by atoms with Crippen molar-refractivity contribution in [3.05, 3.63) is 35.9 Å². The first-order chi connectivity index (χ1) is 9.70. The summed E-state index contributed by atoms with van der Waals surface area (Å²) in [6, 6.07) is 9.69. The molecule has 0 aliphatic carbocycles. The molecule has 1 atom stereocenters. The maximum absolute atomic E-state index is 10.6. The largest absolute Gasteiger partial charge is 0.448 e. The third-order valence-electron chi connectivity index (χ3n) is 3.81. The Balaban J connectivity index is 1.93. The van der Waals surface area contributed by atoms with Crippen LogP contribution in [0, 0.1) is 11.3 Å². The zero-order valence-electron chi connectivity index (χ0n) is 11.4. The number of nitrogens with one attached hydrogen (secondary N) is 1. The van der Waals surface area contributed by atoms with Crippen molar-refractivity contribution in [1.82, 2.24) is 4.90 Å². The van der Waals surface area contributed by atoms with E-state index in [9.17, 15) is 4.79 Å². The second-order valence-electron chi connectivity index (χ2n) is 5.13. The molecule has 107 valence electrons. The number of carbonyl (C=O) groups excluding carboxylic acids is 1. The molecule has 2 rings (SSSR count). The smallest absolute Gasteiger partial charge is 0.418 e. The van der Waals surface area contributed by atoms with Crippen molar-refractivity contribution in [1.29, 1.82) is 5.41 Å². The molecule has 20 heavy (non-hydrogen) atoms. The van der Waals surface area contributed by atoms with Crippen LogP contribution in [0.4, 0.5) is 0 Å². The van der Waals surface area contributed by atoms with Crippen LogP contribution in [0.3, 0.4) is 0 Å². The molecule has 1 radical (unpaired) electrons. The molecule has 5 heteroatoms. The van der Waals surface area contributed by atoms with Crippen molar-refractivity contribution in [2.75, 3.05) is 19.6 Å². The fourth-order valence-corrected chi connectivity index (χ4v) is 2.60. The second-order valence-corrected chi connectivity index (χ2v) is 5.13. The summed E-state index contributed by atoms with van der Waals surface area (Å²) in [7, 11) is 0. The number of amidine groups is 1. The lowest BCUT2D eigenvalue weighted by molar-refractivity contribution is 0.101. The van der Waals surface area contributed by atoms with Gasteiger partial charge in [-0.25, -0.2) is 4.79 Å². The van der Waals surface area contributed by atoms with Gasteiger partial charge in [0, 0.05) is 12.5 Å². The van der Waals surface area contributed by atoms with E-state index in [0.29, 0.717) is 6.54 Å². The highest BCUT2D eigenvalue weighted by Crippen LogP contribution is 2.22. The number of nitrogens with zero attached hydrogens (tertiary/aromatic N) is 1. The molecule has 1 aliphatic rings. The van der Waals surface area contributed by atoms with Gasteiger partial charge >= 0.3 is 6.47 Å². The lowest BCUT2D eigenvalue weighted by atomic mass is 9.95. The number of hydrogen-bond acceptors (Lipinski definition) is 4. The first-order valence-corrected chi connectivity index (χ1v) is 6.84. The molecular formula is C15H20N3O2. The maximum atomic E-state index is 10.6. The first-order valence-electron chi connectivity index (χ1n) is 6.84. The van der Waals surface area contributed by atoms with Gasteiger partial charge in [0.05, 0.1) is 5.84 Å². The SMILES string of the molecule is N=C(N)C1CCN(CC(O[C]=O)c2ccccc2)CC1. The Labute approximate surface area is 119 Å². The van der Waals surface area contributed by atoms with Crippen molar-refractivity contribution < 1.29 is 9.53 Å². The zero-order chi connectivity index (χ0) is 14.4. The average molecular weight is 274 g/mol. The summed E-state index contributed by atoms with van der Waals surface area (Å²) in [6.45, 7) is 3.95. The number of nitrogens with two attached hydrogens (primary N) is 1. The predicted molar refractivity (Wildman–Crippen MR) is 77.0 cm³/mol. The van der Waals surface area contributed by atoms with Crippen LogP contribution in [0.25, 0.3) is 0 Å². The highest BCUT2D eigenvalue weighted by Gasteiger charge is 2.24. The van der Waals surface area contributed by atoms with E-state index in [4.69, 9.17) is 15.9 Å². The summed E-state index contributed by atoms with van der Waals surface area (Å²) in [5.41, 5.74) is 6.52. The van der Waals surface area contributed by atoms with Crippen molar-refractivity contribution >= 4 is 12.3 Å².